The first-order valence-corrected chi connectivity index (χ1v) is 35.8. The molecule has 1 unspecified atom stereocenters. The lowest BCUT2D eigenvalue weighted by atomic mass is 10.0. The van der Waals surface area contributed by atoms with Gasteiger partial charge >= 0.3 is 17.9 Å². The Kier molecular flexibility index (Phi) is 66.6. The van der Waals surface area contributed by atoms with Gasteiger partial charge in [0.1, 0.15) is 13.2 Å². The number of hydrogen-bond acceptors (Lipinski definition) is 6. The van der Waals surface area contributed by atoms with E-state index in [1.54, 1.807) is 0 Å². The highest BCUT2D eigenvalue weighted by molar-refractivity contribution is 5.71. The standard InChI is InChI=1S/C73H138O6/c1-4-7-10-13-16-19-22-24-26-28-30-32-34-35-36-37-38-40-41-43-45-47-49-51-54-57-60-63-66-72(75)78-69-70(68-77-71(74)65-62-59-56-53-21-18-15-12-9-6-3)79-73(76)67-64-61-58-55-52-50-48-46-44-42-39-33-31-29-27-25-23-20-17-14-11-8-5-2/h23,25,29,31,70H,4-22,24,26-28,30,32-69H2,1-3H3/b25-23-,31-29-. The van der Waals surface area contributed by atoms with E-state index in [4.69, 9.17) is 14.2 Å². The highest BCUT2D eigenvalue weighted by atomic mass is 16.6. The number of rotatable bonds is 67. The molecule has 1 atom stereocenters. The van der Waals surface area contributed by atoms with Gasteiger partial charge in [0.15, 0.2) is 6.10 Å². The molecule has 0 spiro atoms. The van der Waals surface area contributed by atoms with Crippen molar-refractivity contribution in [2.24, 2.45) is 0 Å². The molecular formula is C73H138O6. The zero-order valence-electron chi connectivity index (χ0n) is 53.7. The topological polar surface area (TPSA) is 78.9 Å². The second kappa shape index (κ2) is 68.4. The van der Waals surface area contributed by atoms with E-state index in [2.05, 4.69) is 45.1 Å². The number of carbonyl (C=O) groups is 3. The summed E-state index contributed by atoms with van der Waals surface area (Å²) in [4.78, 5) is 38.3. The summed E-state index contributed by atoms with van der Waals surface area (Å²) in [6.45, 7) is 6.70. The zero-order chi connectivity index (χ0) is 57.1. The fourth-order valence-corrected chi connectivity index (χ4v) is 11.1. The fraction of sp³-hybridized carbons (Fsp3) is 0.904. The molecule has 0 aliphatic rings. The van der Waals surface area contributed by atoms with Crippen LogP contribution in [-0.4, -0.2) is 37.2 Å². The average Bonchev–Trinajstić information content (AvgIpc) is 3.45. The van der Waals surface area contributed by atoms with Gasteiger partial charge in [-0.15, -0.1) is 0 Å². The van der Waals surface area contributed by atoms with Crippen molar-refractivity contribution in [2.75, 3.05) is 13.2 Å². The van der Waals surface area contributed by atoms with Crippen LogP contribution in [0.25, 0.3) is 0 Å². The van der Waals surface area contributed by atoms with E-state index in [1.807, 2.05) is 0 Å². The molecule has 466 valence electrons. The molecule has 0 aliphatic carbocycles. The molecule has 0 aliphatic heterocycles. The van der Waals surface area contributed by atoms with E-state index in [0.29, 0.717) is 19.3 Å². The Morgan fingerprint density at radius 2 is 0.456 bits per heavy atom. The highest BCUT2D eigenvalue weighted by Gasteiger charge is 2.19. The maximum Gasteiger partial charge on any atom is 0.306 e. The minimum Gasteiger partial charge on any atom is -0.462 e. The number of carbonyl (C=O) groups excluding carboxylic acids is 3. The predicted octanol–water partition coefficient (Wildman–Crippen LogP) is 24.6. The molecule has 0 aromatic rings. The van der Waals surface area contributed by atoms with Crippen LogP contribution in [0.1, 0.15) is 406 Å². The first-order chi connectivity index (χ1) is 39.0. The Morgan fingerprint density at radius 1 is 0.253 bits per heavy atom. The summed E-state index contributed by atoms with van der Waals surface area (Å²) in [6.07, 6.45) is 83.7. The minimum absolute atomic E-state index is 0.0656. The lowest BCUT2D eigenvalue weighted by Gasteiger charge is -2.18. The van der Waals surface area contributed by atoms with Crippen molar-refractivity contribution in [3.63, 3.8) is 0 Å². The van der Waals surface area contributed by atoms with E-state index < -0.39 is 6.10 Å². The zero-order valence-corrected chi connectivity index (χ0v) is 53.7. The number of unbranched alkanes of at least 4 members (excludes halogenated alkanes) is 52. The van der Waals surface area contributed by atoms with Crippen LogP contribution in [0.2, 0.25) is 0 Å². The van der Waals surface area contributed by atoms with Crippen molar-refractivity contribution in [3.8, 4) is 0 Å². The number of hydrogen-bond donors (Lipinski definition) is 0. The molecule has 0 aromatic heterocycles. The van der Waals surface area contributed by atoms with Crippen molar-refractivity contribution in [1.82, 2.24) is 0 Å². The number of allylic oxidation sites excluding steroid dienone is 4. The molecule has 0 N–H and O–H groups in total. The molecule has 0 saturated carbocycles. The van der Waals surface area contributed by atoms with Crippen molar-refractivity contribution >= 4 is 17.9 Å². The van der Waals surface area contributed by atoms with Crippen LogP contribution in [-0.2, 0) is 28.6 Å². The van der Waals surface area contributed by atoms with Crippen LogP contribution >= 0.6 is 0 Å². The van der Waals surface area contributed by atoms with Gasteiger partial charge in [-0.25, -0.2) is 0 Å². The molecule has 6 nitrogen and oxygen atoms in total. The van der Waals surface area contributed by atoms with Gasteiger partial charge in [0.05, 0.1) is 0 Å². The van der Waals surface area contributed by atoms with E-state index >= 15 is 0 Å². The molecule has 0 bridgehead atoms. The Hall–Kier alpha value is -2.11. The molecular weight excluding hydrogens is 973 g/mol. The fourth-order valence-electron chi connectivity index (χ4n) is 11.1. The highest BCUT2D eigenvalue weighted by Crippen LogP contribution is 2.19. The monoisotopic (exact) mass is 1110 g/mol. The Bertz CT molecular complexity index is 1270. The van der Waals surface area contributed by atoms with Gasteiger partial charge in [-0.3, -0.25) is 14.4 Å². The predicted molar refractivity (Wildman–Crippen MR) is 344 cm³/mol. The Labute approximate surface area is 493 Å². The summed E-state index contributed by atoms with van der Waals surface area (Å²) in [7, 11) is 0. The molecule has 6 heteroatoms. The third kappa shape index (κ3) is 66.6. The maximum atomic E-state index is 12.9. The average molecular weight is 1110 g/mol. The lowest BCUT2D eigenvalue weighted by Crippen LogP contribution is -2.30. The van der Waals surface area contributed by atoms with E-state index in [1.165, 1.54) is 302 Å². The third-order valence-electron chi connectivity index (χ3n) is 16.5. The third-order valence-corrected chi connectivity index (χ3v) is 16.5. The second-order valence-electron chi connectivity index (χ2n) is 24.5. The maximum absolute atomic E-state index is 12.9. The van der Waals surface area contributed by atoms with E-state index in [9.17, 15) is 14.4 Å². The van der Waals surface area contributed by atoms with Gasteiger partial charge in [0.25, 0.3) is 0 Å². The van der Waals surface area contributed by atoms with Gasteiger partial charge in [-0.1, -0.05) is 360 Å². The SMILES string of the molecule is CCCCCCC/C=C\C/C=C\CCCCCCCCCCCCCC(=O)OC(COC(=O)CCCCCCCCCCCC)COC(=O)CCCCCCCCCCCCCCCCCCCCCCCCCCCCCC. The molecule has 79 heavy (non-hydrogen) atoms. The normalized spacial score (nSPS) is 12.1. The van der Waals surface area contributed by atoms with E-state index in [0.717, 1.165) is 64.2 Å². The van der Waals surface area contributed by atoms with Gasteiger partial charge in [-0.05, 0) is 51.4 Å². The smallest absolute Gasteiger partial charge is 0.306 e. The summed E-state index contributed by atoms with van der Waals surface area (Å²) >= 11 is 0. The molecule has 0 amide bonds. The van der Waals surface area contributed by atoms with Gasteiger partial charge in [0.2, 0.25) is 0 Å². The van der Waals surface area contributed by atoms with Crippen LogP contribution < -0.4 is 0 Å². The summed E-state index contributed by atoms with van der Waals surface area (Å²) in [5.74, 6) is -0.839. The largest absolute Gasteiger partial charge is 0.462 e. The Morgan fingerprint density at radius 3 is 0.696 bits per heavy atom. The summed E-state index contributed by atoms with van der Waals surface area (Å²) < 4.78 is 17.0. The molecule has 0 aromatic carbocycles. The first kappa shape index (κ1) is 76.9. The number of esters is 3. The van der Waals surface area contributed by atoms with Gasteiger partial charge < -0.3 is 14.2 Å². The molecule has 0 rings (SSSR count). The summed E-state index contributed by atoms with van der Waals surface area (Å²) in [5.41, 5.74) is 0. The summed E-state index contributed by atoms with van der Waals surface area (Å²) in [5, 5.41) is 0. The summed E-state index contributed by atoms with van der Waals surface area (Å²) in [6, 6.07) is 0. The quantitative estimate of drug-likeness (QED) is 0.0261. The van der Waals surface area contributed by atoms with Crippen LogP contribution in [0.15, 0.2) is 24.3 Å². The molecule has 0 fully saturated rings. The number of ether oxygens (including phenoxy) is 3. The van der Waals surface area contributed by atoms with Crippen LogP contribution in [0.3, 0.4) is 0 Å². The molecule has 0 heterocycles. The Balaban J connectivity index is 4.11. The van der Waals surface area contributed by atoms with Crippen molar-refractivity contribution in [2.45, 2.75) is 412 Å². The van der Waals surface area contributed by atoms with E-state index in [-0.39, 0.29) is 31.1 Å². The lowest BCUT2D eigenvalue weighted by molar-refractivity contribution is -0.167. The molecule has 0 radical (unpaired) electrons. The second-order valence-corrected chi connectivity index (χ2v) is 24.5. The van der Waals surface area contributed by atoms with Gasteiger partial charge in [-0.2, -0.15) is 0 Å². The van der Waals surface area contributed by atoms with Crippen molar-refractivity contribution < 1.29 is 28.6 Å². The van der Waals surface area contributed by atoms with Crippen LogP contribution in [0.5, 0.6) is 0 Å². The van der Waals surface area contributed by atoms with Gasteiger partial charge in [0, 0.05) is 19.3 Å². The first-order valence-electron chi connectivity index (χ1n) is 35.8. The molecule has 0 saturated heterocycles. The van der Waals surface area contributed by atoms with Crippen molar-refractivity contribution in [3.05, 3.63) is 24.3 Å². The van der Waals surface area contributed by atoms with Crippen LogP contribution in [0, 0.1) is 0 Å². The minimum atomic E-state index is -0.768. The van der Waals surface area contributed by atoms with Crippen LogP contribution in [0.4, 0.5) is 0 Å². The van der Waals surface area contributed by atoms with Crippen molar-refractivity contribution in [1.29, 1.82) is 0 Å².